The molecule has 1 atom stereocenters. The molecule has 4 N–H and O–H groups in total. The first-order valence-electron chi connectivity index (χ1n) is 13.5. The lowest BCUT2D eigenvalue weighted by atomic mass is 9.93. The molecule has 0 radical (unpaired) electrons. The van der Waals surface area contributed by atoms with E-state index in [1.807, 2.05) is 13.8 Å². The van der Waals surface area contributed by atoms with E-state index in [0.29, 0.717) is 23.5 Å². The fourth-order valence-corrected chi connectivity index (χ4v) is 5.82. The van der Waals surface area contributed by atoms with Crippen molar-refractivity contribution in [1.29, 1.82) is 0 Å². The van der Waals surface area contributed by atoms with Crippen molar-refractivity contribution in [3.8, 4) is 5.75 Å². The van der Waals surface area contributed by atoms with E-state index in [2.05, 4.69) is 45.0 Å². The lowest BCUT2D eigenvalue weighted by Crippen LogP contribution is -2.27. The Bertz CT molecular complexity index is 1440. The predicted molar refractivity (Wildman–Crippen MR) is 163 cm³/mol. The second-order valence-electron chi connectivity index (χ2n) is 10.2. The molecular weight excluding hydrogens is 566 g/mol. The van der Waals surface area contributed by atoms with E-state index in [1.54, 1.807) is 38.1 Å². The van der Waals surface area contributed by atoms with Crippen LogP contribution in [0.15, 0.2) is 47.5 Å². The second-order valence-corrected chi connectivity index (χ2v) is 13.1. The lowest BCUT2D eigenvalue weighted by Gasteiger charge is -2.27. The zero-order valence-corrected chi connectivity index (χ0v) is 25.5. The van der Waals surface area contributed by atoms with Crippen molar-refractivity contribution in [2.24, 2.45) is 0 Å². The fourth-order valence-electron chi connectivity index (χ4n) is 4.48. The first kappa shape index (κ1) is 32.1. The molecule has 3 aromatic rings. The maximum Gasteiger partial charge on any atom is 0.290 e. The van der Waals surface area contributed by atoms with Crippen LogP contribution in [-0.4, -0.2) is 47.9 Å². The highest BCUT2D eigenvalue weighted by molar-refractivity contribution is 7.92. The lowest BCUT2D eigenvalue weighted by molar-refractivity contribution is -0.122. The molecule has 1 aromatic heterocycles. The minimum absolute atomic E-state index is 0.0202. The molecule has 41 heavy (non-hydrogen) atoms. The zero-order valence-electron chi connectivity index (χ0n) is 23.9. The third kappa shape index (κ3) is 8.31. The van der Waals surface area contributed by atoms with Gasteiger partial charge in [-0.15, -0.1) is 0 Å². The molecule has 0 bridgehead atoms. The molecule has 1 aliphatic rings. The molecular formula is C29H38ClN5O5S. The van der Waals surface area contributed by atoms with Crippen LogP contribution in [0.3, 0.4) is 0 Å². The van der Waals surface area contributed by atoms with Gasteiger partial charge in [0.05, 0.1) is 33.8 Å². The highest BCUT2D eigenvalue weighted by Crippen LogP contribution is 2.37. The predicted octanol–water partition coefficient (Wildman–Crippen LogP) is 6.41. The van der Waals surface area contributed by atoms with Crippen molar-refractivity contribution in [3.63, 3.8) is 0 Å². The average Bonchev–Trinajstić information content (AvgIpc) is 2.93. The maximum absolute atomic E-state index is 12.9. The second kappa shape index (κ2) is 14.5. The quantitative estimate of drug-likeness (QED) is 0.203. The summed E-state index contributed by atoms with van der Waals surface area (Å²) in [5.41, 5.74) is 3.51. The Kier molecular flexibility index (Phi) is 11.3. The molecule has 1 fully saturated rings. The number of aryl methyl sites for hydroxylation is 1. The Morgan fingerprint density at radius 3 is 2.46 bits per heavy atom. The van der Waals surface area contributed by atoms with Crippen LogP contribution in [-0.2, 0) is 14.6 Å². The number of nitrogens with zero attached hydrogens (tertiary/aromatic N) is 2. The molecule has 0 spiro atoms. The summed E-state index contributed by atoms with van der Waals surface area (Å²) in [5, 5.41) is 16.6. The first-order chi connectivity index (χ1) is 19.5. The van der Waals surface area contributed by atoms with E-state index < -0.39 is 15.1 Å². The SMILES string of the molecule is Cc1cc(Nc2ncc(Cl)c(Nc3ccccc3S(=O)(=O)C(C)C)n2)c(OC(C)C)cc1C1CCCCN1.O=CO. The standard InChI is InChI=1S/C28H36ClN5O3S.CH2O2/c1-17(2)37-25-15-20(22-10-8-9-13-30-22)19(5)14-24(25)33-28-31-16-21(29)27(34-28)32-23-11-6-7-12-26(23)38(35,36)18(3)4;2-1-3/h6-7,11-12,14-18,22,30H,8-10,13H2,1-5H3,(H2,31,32,33,34);1H,(H,2,3). The van der Waals surface area contributed by atoms with Crippen LogP contribution in [0.4, 0.5) is 23.1 Å². The molecule has 1 aliphatic heterocycles. The number of carbonyl (C=O) groups is 1. The van der Waals surface area contributed by atoms with Gasteiger partial charge in [0.25, 0.3) is 6.47 Å². The van der Waals surface area contributed by atoms with Crippen LogP contribution < -0.4 is 20.7 Å². The smallest absolute Gasteiger partial charge is 0.290 e. The number of aromatic nitrogens is 2. The summed E-state index contributed by atoms with van der Waals surface area (Å²) in [7, 11) is -3.52. The van der Waals surface area contributed by atoms with E-state index in [0.717, 1.165) is 30.0 Å². The van der Waals surface area contributed by atoms with Gasteiger partial charge in [0, 0.05) is 6.04 Å². The number of carboxylic acid groups (broad SMARTS) is 1. The Morgan fingerprint density at radius 1 is 1.12 bits per heavy atom. The van der Waals surface area contributed by atoms with Crippen molar-refractivity contribution >= 4 is 51.1 Å². The normalized spacial score (nSPS) is 15.2. The van der Waals surface area contributed by atoms with E-state index in [4.69, 9.17) is 26.2 Å². The van der Waals surface area contributed by atoms with Crippen molar-refractivity contribution in [2.75, 3.05) is 17.2 Å². The largest absolute Gasteiger partial charge is 0.489 e. The number of rotatable bonds is 9. The number of para-hydroxylation sites is 1. The molecule has 1 saturated heterocycles. The van der Waals surface area contributed by atoms with Crippen molar-refractivity contribution < 1.29 is 23.1 Å². The van der Waals surface area contributed by atoms with Crippen LogP contribution >= 0.6 is 11.6 Å². The van der Waals surface area contributed by atoms with Gasteiger partial charge in [0.1, 0.15) is 10.8 Å². The molecule has 0 aliphatic carbocycles. The molecule has 4 rings (SSSR count). The third-order valence-electron chi connectivity index (χ3n) is 6.47. The zero-order chi connectivity index (χ0) is 30.2. The monoisotopic (exact) mass is 603 g/mol. The first-order valence-corrected chi connectivity index (χ1v) is 15.4. The van der Waals surface area contributed by atoms with E-state index in [-0.39, 0.29) is 22.5 Å². The van der Waals surface area contributed by atoms with Crippen LogP contribution in [0.1, 0.15) is 64.1 Å². The number of benzene rings is 2. The minimum Gasteiger partial charge on any atom is -0.489 e. The van der Waals surface area contributed by atoms with Gasteiger partial charge >= 0.3 is 0 Å². The molecule has 12 heteroatoms. The summed E-state index contributed by atoms with van der Waals surface area (Å²) in [6, 6.07) is 11.2. The molecule has 2 aromatic carbocycles. The number of nitrogens with one attached hydrogen (secondary N) is 3. The number of ether oxygens (including phenoxy) is 1. The minimum atomic E-state index is -3.52. The molecule has 0 saturated carbocycles. The van der Waals surface area contributed by atoms with E-state index in [1.165, 1.54) is 24.6 Å². The average molecular weight is 604 g/mol. The van der Waals surface area contributed by atoms with Crippen LogP contribution in [0.5, 0.6) is 5.75 Å². The van der Waals surface area contributed by atoms with Crippen molar-refractivity contribution in [2.45, 2.75) is 76.2 Å². The van der Waals surface area contributed by atoms with Gasteiger partial charge in [-0.05, 0) is 89.4 Å². The molecule has 0 amide bonds. The molecule has 10 nitrogen and oxygen atoms in total. The molecule has 222 valence electrons. The number of piperidine rings is 1. The van der Waals surface area contributed by atoms with Gasteiger partial charge in [0.15, 0.2) is 15.7 Å². The highest BCUT2D eigenvalue weighted by atomic mass is 35.5. The Balaban J connectivity index is 0.00000147. The summed E-state index contributed by atoms with van der Waals surface area (Å²) in [4.78, 5) is 17.5. The summed E-state index contributed by atoms with van der Waals surface area (Å²) in [6.45, 7) is 10.1. The van der Waals surface area contributed by atoms with Crippen LogP contribution in [0, 0.1) is 6.92 Å². The van der Waals surface area contributed by atoms with Crippen LogP contribution in [0.25, 0.3) is 0 Å². The number of halogens is 1. The fraction of sp³-hybridized carbons (Fsp3) is 0.414. The summed E-state index contributed by atoms with van der Waals surface area (Å²) >= 11 is 6.41. The van der Waals surface area contributed by atoms with Gasteiger partial charge in [0.2, 0.25) is 5.95 Å². The van der Waals surface area contributed by atoms with Gasteiger partial charge < -0.3 is 25.8 Å². The van der Waals surface area contributed by atoms with Gasteiger partial charge in [-0.3, -0.25) is 4.79 Å². The van der Waals surface area contributed by atoms with Gasteiger partial charge in [-0.25, -0.2) is 13.4 Å². The summed E-state index contributed by atoms with van der Waals surface area (Å²) < 4.78 is 32.0. The summed E-state index contributed by atoms with van der Waals surface area (Å²) in [5.74, 6) is 1.31. The summed E-state index contributed by atoms with van der Waals surface area (Å²) in [6.07, 6.45) is 4.96. The molecule has 1 unspecified atom stereocenters. The van der Waals surface area contributed by atoms with E-state index >= 15 is 0 Å². The van der Waals surface area contributed by atoms with Crippen LogP contribution in [0.2, 0.25) is 5.02 Å². The Morgan fingerprint density at radius 2 is 1.83 bits per heavy atom. The maximum atomic E-state index is 12.9. The van der Waals surface area contributed by atoms with Gasteiger partial charge in [-0.2, -0.15) is 4.98 Å². The molecule has 2 heterocycles. The van der Waals surface area contributed by atoms with E-state index in [9.17, 15) is 8.42 Å². The number of anilines is 4. The Labute approximate surface area is 246 Å². The van der Waals surface area contributed by atoms with Crippen molar-refractivity contribution in [1.82, 2.24) is 15.3 Å². The Hall–Kier alpha value is -3.41. The highest BCUT2D eigenvalue weighted by Gasteiger charge is 2.24. The number of sulfone groups is 1. The number of hydrogen-bond donors (Lipinski definition) is 4. The third-order valence-corrected chi connectivity index (χ3v) is 8.96. The topological polar surface area (TPSA) is 143 Å². The number of hydrogen-bond acceptors (Lipinski definition) is 9. The van der Waals surface area contributed by atoms with Crippen molar-refractivity contribution in [3.05, 3.63) is 58.7 Å². The van der Waals surface area contributed by atoms with Gasteiger partial charge in [-0.1, -0.05) is 30.2 Å².